The van der Waals surface area contributed by atoms with Crippen LogP contribution in [0.4, 0.5) is 10.5 Å². The fourth-order valence-corrected chi connectivity index (χ4v) is 2.24. The zero-order valence-corrected chi connectivity index (χ0v) is 14.2. The van der Waals surface area contributed by atoms with Crippen molar-refractivity contribution >= 4 is 40.1 Å². The summed E-state index contributed by atoms with van der Waals surface area (Å²) in [7, 11) is 1.28. The molecule has 0 radical (unpaired) electrons. The molecule has 5 nitrogen and oxygen atoms in total. The Morgan fingerprint density at radius 1 is 1.09 bits per heavy atom. The molecular weight excluding hydrogens is 318 g/mol. The van der Waals surface area contributed by atoms with Gasteiger partial charge in [-0.15, -0.1) is 0 Å². The predicted molar refractivity (Wildman–Crippen MR) is 90.2 cm³/mol. The number of carbonyl (C=O) groups is 2. The van der Waals surface area contributed by atoms with Crippen LogP contribution in [0.5, 0.6) is 0 Å². The molecule has 0 fully saturated rings. The number of benzene rings is 2. The zero-order chi connectivity index (χ0) is 17.2. The highest BCUT2D eigenvalue weighted by molar-refractivity contribution is 6.31. The lowest BCUT2D eigenvalue weighted by Crippen LogP contribution is -2.27. The molecule has 0 aromatic heterocycles. The van der Waals surface area contributed by atoms with Gasteiger partial charge in [-0.05, 0) is 55.8 Å². The molecule has 0 unspecified atom stereocenters. The minimum atomic E-state index is -0.643. The summed E-state index contributed by atoms with van der Waals surface area (Å²) in [5, 5.41) is 4.75. The monoisotopic (exact) mass is 335 g/mol. The molecule has 0 bridgehead atoms. The number of hydrogen-bond donors (Lipinski definition) is 1. The van der Waals surface area contributed by atoms with Gasteiger partial charge in [-0.25, -0.2) is 9.59 Å². The topological polar surface area (TPSA) is 64.6 Å². The largest absolute Gasteiger partial charge is 0.465 e. The first-order valence-corrected chi connectivity index (χ1v) is 7.39. The molecule has 6 heteroatoms. The summed E-state index contributed by atoms with van der Waals surface area (Å²) in [6.07, 6.45) is -0.643. The molecule has 0 saturated carbocycles. The number of anilines is 1. The molecule has 0 aliphatic carbocycles. The number of hydrogen-bond acceptors (Lipinski definition) is 4. The maximum absolute atomic E-state index is 12.0. The van der Waals surface area contributed by atoms with Crippen molar-refractivity contribution in [2.75, 3.05) is 12.4 Å². The van der Waals surface area contributed by atoms with Crippen molar-refractivity contribution in [3.05, 3.63) is 40.9 Å². The molecule has 2 aromatic rings. The van der Waals surface area contributed by atoms with Crippen LogP contribution in [-0.4, -0.2) is 24.8 Å². The minimum Gasteiger partial charge on any atom is -0.465 e. The van der Waals surface area contributed by atoms with E-state index in [1.165, 1.54) is 7.11 Å². The highest BCUT2D eigenvalue weighted by atomic mass is 35.5. The van der Waals surface area contributed by atoms with E-state index in [1.807, 2.05) is 0 Å². The molecule has 0 aliphatic rings. The summed E-state index contributed by atoms with van der Waals surface area (Å²) in [5.41, 5.74) is -0.0890. The van der Waals surface area contributed by atoms with E-state index in [9.17, 15) is 9.59 Å². The highest BCUT2D eigenvalue weighted by Crippen LogP contribution is 2.27. The van der Waals surface area contributed by atoms with Crippen molar-refractivity contribution in [1.82, 2.24) is 0 Å². The van der Waals surface area contributed by atoms with Gasteiger partial charge in [0.1, 0.15) is 5.60 Å². The molecule has 0 aliphatic heterocycles. The minimum absolute atomic E-state index is 0.230. The Hall–Kier alpha value is -2.27. The summed E-state index contributed by atoms with van der Waals surface area (Å²) in [5.74, 6) is -0.557. The molecule has 0 saturated heterocycles. The number of carbonyl (C=O) groups excluding carboxylic acids is 2. The number of fused-ring (bicyclic) bond motifs is 1. The lowest BCUT2D eigenvalue weighted by molar-refractivity contribution is 0.0602. The van der Waals surface area contributed by atoms with Crippen molar-refractivity contribution in [2.45, 2.75) is 26.4 Å². The number of esters is 1. The smallest absolute Gasteiger partial charge is 0.412 e. The Morgan fingerprint density at radius 3 is 2.39 bits per heavy atom. The highest BCUT2D eigenvalue weighted by Gasteiger charge is 2.20. The lowest BCUT2D eigenvalue weighted by Gasteiger charge is -2.20. The van der Waals surface area contributed by atoms with Gasteiger partial charge in [0.2, 0.25) is 0 Å². The van der Waals surface area contributed by atoms with E-state index in [0.717, 1.165) is 10.8 Å². The van der Waals surface area contributed by atoms with Crippen LogP contribution >= 0.6 is 11.6 Å². The summed E-state index contributed by atoms with van der Waals surface area (Å²) < 4.78 is 9.99. The first-order valence-electron chi connectivity index (χ1n) is 7.01. The molecule has 0 spiro atoms. The quantitative estimate of drug-likeness (QED) is 0.813. The third-order valence-electron chi connectivity index (χ3n) is 2.98. The van der Waals surface area contributed by atoms with Gasteiger partial charge in [-0.3, -0.25) is 5.32 Å². The molecule has 0 heterocycles. The molecule has 0 atom stereocenters. The van der Waals surface area contributed by atoms with Gasteiger partial charge in [0.15, 0.2) is 0 Å². The van der Waals surface area contributed by atoms with E-state index in [4.69, 9.17) is 21.1 Å². The summed E-state index contributed by atoms with van der Waals surface area (Å²) in [6.45, 7) is 5.28. The van der Waals surface area contributed by atoms with Crippen LogP contribution < -0.4 is 5.32 Å². The van der Waals surface area contributed by atoms with Gasteiger partial charge in [-0.2, -0.15) is 0 Å². The van der Waals surface area contributed by atoms with Gasteiger partial charge in [-0.1, -0.05) is 17.7 Å². The van der Waals surface area contributed by atoms with E-state index in [0.29, 0.717) is 10.7 Å². The SMILES string of the molecule is COC(=O)c1cc2cc(Cl)ccc2cc1NC(=O)OC(C)(C)C. The maximum atomic E-state index is 12.0. The van der Waals surface area contributed by atoms with Crippen molar-refractivity contribution < 1.29 is 19.1 Å². The van der Waals surface area contributed by atoms with E-state index < -0.39 is 17.7 Å². The van der Waals surface area contributed by atoms with Gasteiger partial charge in [0, 0.05) is 5.02 Å². The third-order valence-corrected chi connectivity index (χ3v) is 3.21. The number of methoxy groups -OCH3 is 1. The number of ether oxygens (including phenoxy) is 2. The first-order chi connectivity index (χ1) is 10.7. The maximum Gasteiger partial charge on any atom is 0.412 e. The van der Waals surface area contributed by atoms with Gasteiger partial charge >= 0.3 is 12.1 Å². The number of nitrogens with one attached hydrogen (secondary N) is 1. The molecule has 2 aromatic carbocycles. The van der Waals surface area contributed by atoms with Crippen LogP contribution in [0.3, 0.4) is 0 Å². The fraction of sp³-hybridized carbons (Fsp3) is 0.294. The normalized spacial score (nSPS) is 11.2. The number of amides is 1. The molecule has 23 heavy (non-hydrogen) atoms. The van der Waals surface area contributed by atoms with E-state index >= 15 is 0 Å². The van der Waals surface area contributed by atoms with Crippen LogP contribution in [0.2, 0.25) is 5.02 Å². The van der Waals surface area contributed by atoms with E-state index in [2.05, 4.69) is 5.32 Å². The van der Waals surface area contributed by atoms with Crippen LogP contribution in [0.1, 0.15) is 31.1 Å². The number of rotatable bonds is 2. The second-order valence-corrected chi connectivity index (χ2v) is 6.44. The lowest BCUT2D eigenvalue weighted by atomic mass is 10.0. The van der Waals surface area contributed by atoms with Crippen molar-refractivity contribution in [1.29, 1.82) is 0 Å². The number of halogens is 1. The second kappa shape index (κ2) is 6.46. The molecule has 2 rings (SSSR count). The van der Waals surface area contributed by atoms with Crippen molar-refractivity contribution in [3.8, 4) is 0 Å². The Balaban J connectivity index is 2.45. The van der Waals surface area contributed by atoms with Crippen LogP contribution in [0, 0.1) is 0 Å². The van der Waals surface area contributed by atoms with Gasteiger partial charge in [0.25, 0.3) is 0 Å². The summed E-state index contributed by atoms with van der Waals surface area (Å²) in [6, 6.07) is 8.58. The summed E-state index contributed by atoms with van der Waals surface area (Å²) in [4.78, 5) is 24.0. The van der Waals surface area contributed by atoms with Gasteiger partial charge in [0.05, 0.1) is 18.4 Å². The van der Waals surface area contributed by atoms with Crippen molar-refractivity contribution in [3.63, 3.8) is 0 Å². The first kappa shape index (κ1) is 17.1. The Labute approximate surface area is 139 Å². The Kier molecular flexibility index (Phi) is 4.80. The van der Waals surface area contributed by atoms with Crippen molar-refractivity contribution in [2.24, 2.45) is 0 Å². The average Bonchev–Trinajstić information content (AvgIpc) is 2.44. The Morgan fingerprint density at radius 2 is 1.78 bits per heavy atom. The third kappa shape index (κ3) is 4.36. The van der Waals surface area contributed by atoms with Crippen LogP contribution in [0.25, 0.3) is 10.8 Å². The van der Waals surface area contributed by atoms with E-state index in [1.54, 1.807) is 51.1 Å². The Bertz CT molecular complexity index is 765. The zero-order valence-electron chi connectivity index (χ0n) is 13.4. The predicted octanol–water partition coefficient (Wildman–Crippen LogP) is 4.63. The second-order valence-electron chi connectivity index (χ2n) is 6.01. The molecule has 122 valence electrons. The van der Waals surface area contributed by atoms with Crippen LogP contribution in [-0.2, 0) is 9.47 Å². The van der Waals surface area contributed by atoms with Crippen LogP contribution in [0.15, 0.2) is 30.3 Å². The van der Waals surface area contributed by atoms with Gasteiger partial charge < -0.3 is 9.47 Å². The average molecular weight is 336 g/mol. The van der Waals surface area contributed by atoms with E-state index in [-0.39, 0.29) is 5.56 Å². The molecule has 1 N–H and O–H groups in total. The standard InChI is InChI=1S/C17H18ClNO4/c1-17(2,3)23-16(21)19-14-9-10-5-6-12(18)7-11(10)8-13(14)15(20)22-4/h5-9H,1-4H3,(H,19,21). The summed E-state index contributed by atoms with van der Waals surface area (Å²) >= 11 is 5.98. The molecule has 1 amide bonds. The molecular formula is C17H18ClNO4. The fourth-order valence-electron chi connectivity index (χ4n) is 2.06.